The van der Waals surface area contributed by atoms with E-state index in [0.717, 1.165) is 5.69 Å². The van der Waals surface area contributed by atoms with Gasteiger partial charge in [-0.2, -0.15) is 0 Å². The number of carbonyl (C=O) groups is 2. The smallest absolute Gasteiger partial charge is 0.339 e. The van der Waals surface area contributed by atoms with Crippen LogP contribution in [0.25, 0.3) is 0 Å². The molecule has 1 heterocycles. The number of ether oxygens (including phenoxy) is 1. The zero-order valence-corrected chi connectivity index (χ0v) is 8.71. The third kappa shape index (κ3) is 1.88. The fourth-order valence-electron chi connectivity index (χ4n) is 1.66. The topological polar surface area (TPSA) is 76.5 Å². The minimum absolute atomic E-state index is 0.0100. The summed E-state index contributed by atoms with van der Waals surface area (Å²) in [4.78, 5) is 25.9. The van der Waals surface area contributed by atoms with E-state index in [1.54, 1.807) is 12.1 Å². The van der Waals surface area contributed by atoms with Crippen LogP contribution in [0.1, 0.15) is 28.4 Å². The van der Waals surface area contributed by atoms with E-state index >= 15 is 0 Å². The van der Waals surface area contributed by atoms with Gasteiger partial charge in [0, 0.05) is 17.8 Å². The molecule has 2 unspecified atom stereocenters. The molecule has 2 atom stereocenters. The van der Waals surface area contributed by atoms with Crippen LogP contribution in [0.4, 0.5) is 0 Å². The summed E-state index contributed by atoms with van der Waals surface area (Å²) in [5.41, 5.74) is 1.10. The van der Waals surface area contributed by atoms with Gasteiger partial charge in [0.05, 0.1) is 18.6 Å². The summed E-state index contributed by atoms with van der Waals surface area (Å²) in [6, 6.07) is 3.28. The van der Waals surface area contributed by atoms with Crippen molar-refractivity contribution in [2.45, 2.75) is 12.3 Å². The van der Waals surface area contributed by atoms with E-state index in [-0.39, 0.29) is 11.8 Å². The van der Waals surface area contributed by atoms with Crippen molar-refractivity contribution in [3.8, 4) is 0 Å². The first-order valence-corrected chi connectivity index (χ1v) is 4.90. The lowest BCUT2D eigenvalue weighted by Crippen LogP contribution is -2.03. The summed E-state index contributed by atoms with van der Waals surface area (Å²) in [5, 5.41) is 8.76. The Hall–Kier alpha value is -1.91. The quantitative estimate of drug-likeness (QED) is 0.772. The van der Waals surface area contributed by atoms with Crippen LogP contribution in [-0.4, -0.2) is 29.1 Å². The largest absolute Gasteiger partial charge is 0.481 e. The summed E-state index contributed by atoms with van der Waals surface area (Å²) in [6.45, 7) is 0. The van der Waals surface area contributed by atoms with Crippen molar-refractivity contribution >= 4 is 11.9 Å². The Morgan fingerprint density at radius 3 is 2.69 bits per heavy atom. The number of aliphatic carboxylic acids is 1. The predicted molar refractivity (Wildman–Crippen MR) is 54.1 cm³/mol. The molecule has 1 aliphatic carbocycles. The Morgan fingerprint density at radius 1 is 1.50 bits per heavy atom. The van der Waals surface area contributed by atoms with Crippen molar-refractivity contribution in [3.63, 3.8) is 0 Å². The molecule has 2 rings (SSSR count). The normalized spacial score (nSPS) is 22.6. The van der Waals surface area contributed by atoms with Crippen molar-refractivity contribution in [1.82, 2.24) is 4.98 Å². The van der Waals surface area contributed by atoms with Gasteiger partial charge in [-0.15, -0.1) is 0 Å². The molecule has 0 aromatic carbocycles. The van der Waals surface area contributed by atoms with Crippen LogP contribution in [0.3, 0.4) is 0 Å². The third-order valence-electron chi connectivity index (χ3n) is 2.69. The van der Waals surface area contributed by atoms with Gasteiger partial charge in [0.15, 0.2) is 0 Å². The number of hydrogen-bond donors (Lipinski definition) is 1. The number of nitrogens with zero attached hydrogens (tertiary/aromatic N) is 1. The van der Waals surface area contributed by atoms with Gasteiger partial charge >= 0.3 is 11.9 Å². The van der Waals surface area contributed by atoms with Crippen molar-refractivity contribution in [1.29, 1.82) is 0 Å². The Morgan fingerprint density at radius 2 is 2.25 bits per heavy atom. The first kappa shape index (κ1) is 10.6. The second-order valence-electron chi connectivity index (χ2n) is 3.75. The number of carboxylic acids is 1. The third-order valence-corrected chi connectivity index (χ3v) is 2.69. The van der Waals surface area contributed by atoms with Crippen molar-refractivity contribution in [3.05, 3.63) is 29.6 Å². The Kier molecular flexibility index (Phi) is 2.60. The number of hydrogen-bond acceptors (Lipinski definition) is 4. The molecule has 1 N–H and O–H groups in total. The highest BCUT2D eigenvalue weighted by Gasteiger charge is 2.45. The number of carboxylic acid groups (broad SMARTS) is 1. The van der Waals surface area contributed by atoms with Crippen LogP contribution in [-0.2, 0) is 9.53 Å². The second kappa shape index (κ2) is 3.92. The molecule has 84 valence electrons. The molecule has 1 aromatic rings. The summed E-state index contributed by atoms with van der Waals surface area (Å²) >= 11 is 0. The molecule has 5 heteroatoms. The van der Waals surface area contributed by atoms with Gasteiger partial charge in [0.25, 0.3) is 0 Å². The lowest BCUT2D eigenvalue weighted by atomic mass is 10.2. The molecule has 1 aliphatic rings. The van der Waals surface area contributed by atoms with Gasteiger partial charge in [-0.1, -0.05) is 0 Å². The number of esters is 1. The molecule has 0 radical (unpaired) electrons. The van der Waals surface area contributed by atoms with E-state index in [2.05, 4.69) is 9.72 Å². The van der Waals surface area contributed by atoms with Crippen LogP contribution in [0.15, 0.2) is 18.3 Å². The lowest BCUT2D eigenvalue weighted by molar-refractivity contribution is -0.138. The molecule has 1 aromatic heterocycles. The van der Waals surface area contributed by atoms with Gasteiger partial charge in [-0.3, -0.25) is 9.78 Å². The fraction of sp³-hybridized carbons (Fsp3) is 0.364. The van der Waals surface area contributed by atoms with Crippen LogP contribution in [0.5, 0.6) is 0 Å². The van der Waals surface area contributed by atoms with Gasteiger partial charge in [-0.25, -0.2) is 4.79 Å². The molecule has 0 bridgehead atoms. The standard InChI is InChI=1S/C11H11NO4/c1-16-11(15)6-2-3-9(12-5-6)7-4-8(7)10(13)14/h2-3,5,7-8H,4H2,1H3,(H,13,14). The maximum absolute atomic E-state index is 11.1. The average molecular weight is 221 g/mol. The van der Waals surface area contributed by atoms with Gasteiger partial charge in [-0.05, 0) is 18.6 Å². The van der Waals surface area contributed by atoms with E-state index < -0.39 is 11.9 Å². The average Bonchev–Trinajstić information content (AvgIpc) is 3.08. The van der Waals surface area contributed by atoms with Gasteiger partial charge < -0.3 is 9.84 Å². The molecule has 5 nitrogen and oxygen atoms in total. The van der Waals surface area contributed by atoms with Crippen LogP contribution < -0.4 is 0 Å². The molecule has 0 amide bonds. The number of methoxy groups -OCH3 is 1. The van der Waals surface area contributed by atoms with E-state index in [1.807, 2.05) is 0 Å². The van der Waals surface area contributed by atoms with E-state index in [4.69, 9.17) is 5.11 Å². The molecule has 0 aliphatic heterocycles. The summed E-state index contributed by atoms with van der Waals surface area (Å²) in [6.07, 6.45) is 2.04. The number of aromatic nitrogens is 1. The second-order valence-corrected chi connectivity index (χ2v) is 3.75. The van der Waals surface area contributed by atoms with Crippen LogP contribution >= 0.6 is 0 Å². The summed E-state index contributed by atoms with van der Waals surface area (Å²) in [5.74, 6) is -1.56. The maximum Gasteiger partial charge on any atom is 0.339 e. The number of carbonyl (C=O) groups excluding carboxylic acids is 1. The zero-order valence-electron chi connectivity index (χ0n) is 8.71. The van der Waals surface area contributed by atoms with Crippen molar-refractivity contribution in [2.24, 2.45) is 5.92 Å². The number of pyridine rings is 1. The highest BCUT2D eigenvalue weighted by atomic mass is 16.5. The van der Waals surface area contributed by atoms with E-state index in [9.17, 15) is 9.59 Å². The SMILES string of the molecule is COC(=O)c1ccc(C2CC2C(=O)O)nc1. The Balaban J connectivity index is 2.09. The Labute approximate surface area is 92.1 Å². The summed E-state index contributed by atoms with van der Waals surface area (Å²) < 4.78 is 4.54. The highest BCUT2D eigenvalue weighted by molar-refractivity contribution is 5.88. The van der Waals surface area contributed by atoms with Gasteiger partial charge in [0.2, 0.25) is 0 Å². The minimum atomic E-state index is -0.788. The Bertz CT molecular complexity index is 426. The van der Waals surface area contributed by atoms with E-state index in [0.29, 0.717) is 12.0 Å². The van der Waals surface area contributed by atoms with Crippen LogP contribution in [0.2, 0.25) is 0 Å². The van der Waals surface area contributed by atoms with Crippen molar-refractivity contribution < 1.29 is 19.4 Å². The first-order valence-electron chi connectivity index (χ1n) is 4.90. The lowest BCUT2D eigenvalue weighted by Gasteiger charge is -2.00. The monoisotopic (exact) mass is 221 g/mol. The molecule has 0 saturated heterocycles. The minimum Gasteiger partial charge on any atom is -0.481 e. The molecule has 16 heavy (non-hydrogen) atoms. The molecular weight excluding hydrogens is 210 g/mol. The summed E-state index contributed by atoms with van der Waals surface area (Å²) in [7, 11) is 1.30. The molecule has 0 spiro atoms. The van der Waals surface area contributed by atoms with Crippen molar-refractivity contribution in [2.75, 3.05) is 7.11 Å². The highest BCUT2D eigenvalue weighted by Crippen LogP contribution is 2.46. The molecular formula is C11H11NO4. The zero-order chi connectivity index (χ0) is 11.7. The fourth-order valence-corrected chi connectivity index (χ4v) is 1.66. The molecule has 1 saturated carbocycles. The predicted octanol–water partition coefficient (Wildman–Crippen LogP) is 1.06. The number of rotatable bonds is 3. The molecule has 1 fully saturated rings. The maximum atomic E-state index is 11.1. The first-order chi connectivity index (χ1) is 7.63. The van der Waals surface area contributed by atoms with Gasteiger partial charge in [0.1, 0.15) is 0 Å². The van der Waals surface area contributed by atoms with E-state index in [1.165, 1.54) is 13.3 Å². The van der Waals surface area contributed by atoms with Crippen LogP contribution in [0, 0.1) is 5.92 Å².